The zero-order valence-electron chi connectivity index (χ0n) is 14.4. The van der Waals surface area contributed by atoms with E-state index in [2.05, 4.69) is 25.8 Å². The molecule has 0 aliphatic carbocycles. The van der Waals surface area contributed by atoms with Crippen molar-refractivity contribution in [3.63, 3.8) is 0 Å². The van der Waals surface area contributed by atoms with Gasteiger partial charge in [-0.3, -0.25) is 0 Å². The lowest BCUT2D eigenvalue weighted by molar-refractivity contribution is 0.627. The Labute approximate surface area is 152 Å². The number of nitrogens with zero attached hydrogens (tertiary/aromatic N) is 4. The van der Waals surface area contributed by atoms with E-state index in [1.54, 1.807) is 12.1 Å². The summed E-state index contributed by atoms with van der Waals surface area (Å²) in [6.07, 6.45) is 5.69. The maximum Gasteiger partial charge on any atom is 0.128 e. The van der Waals surface area contributed by atoms with E-state index in [9.17, 15) is 4.39 Å². The maximum atomic E-state index is 13.0. The minimum atomic E-state index is -0.222. The van der Waals surface area contributed by atoms with Crippen LogP contribution in [0.3, 0.4) is 0 Å². The molecule has 0 saturated carbocycles. The third kappa shape index (κ3) is 3.82. The van der Waals surface area contributed by atoms with Crippen LogP contribution in [0, 0.1) is 12.2 Å². The highest BCUT2D eigenvalue weighted by atomic mass is 19.1. The number of piperazine rings is 1. The predicted octanol–water partition coefficient (Wildman–Crippen LogP) is 3.54. The van der Waals surface area contributed by atoms with Crippen LogP contribution in [-0.4, -0.2) is 36.1 Å². The molecule has 1 aliphatic heterocycles. The second kappa shape index (κ2) is 7.52. The fourth-order valence-corrected chi connectivity index (χ4v) is 3.13. The van der Waals surface area contributed by atoms with E-state index >= 15 is 0 Å². The van der Waals surface area contributed by atoms with Crippen LogP contribution in [-0.2, 0) is 0 Å². The third-order valence-corrected chi connectivity index (χ3v) is 4.55. The van der Waals surface area contributed by atoms with Crippen LogP contribution in [0.15, 0.2) is 67.0 Å². The lowest BCUT2D eigenvalue weighted by Gasteiger charge is -2.36. The Balaban J connectivity index is 1.36. The molecule has 3 aromatic rings. The Kier molecular flexibility index (Phi) is 4.78. The van der Waals surface area contributed by atoms with Crippen LogP contribution in [0.1, 0.15) is 11.1 Å². The third-order valence-electron chi connectivity index (χ3n) is 4.55. The molecule has 3 heterocycles. The molecule has 0 N–H and O–H groups in total. The summed E-state index contributed by atoms with van der Waals surface area (Å²) in [4.78, 5) is 13.6. The van der Waals surface area contributed by atoms with Gasteiger partial charge in [-0.15, -0.1) is 0 Å². The average molecular weight is 347 g/mol. The molecule has 1 aromatic carbocycles. The van der Waals surface area contributed by atoms with E-state index in [-0.39, 0.29) is 5.82 Å². The average Bonchev–Trinajstić information content (AvgIpc) is 2.71. The smallest absolute Gasteiger partial charge is 0.128 e. The van der Waals surface area contributed by atoms with Crippen LogP contribution >= 0.6 is 0 Å². The summed E-state index contributed by atoms with van der Waals surface area (Å²) in [5.74, 6) is 1.80. The maximum absolute atomic E-state index is 13.0. The summed E-state index contributed by atoms with van der Waals surface area (Å²) < 4.78 is 13.0. The summed E-state index contributed by atoms with van der Waals surface area (Å²) in [5.41, 5.74) is 1.97. The van der Waals surface area contributed by atoms with Gasteiger partial charge >= 0.3 is 0 Å². The van der Waals surface area contributed by atoms with E-state index in [1.165, 1.54) is 12.1 Å². The van der Waals surface area contributed by atoms with Crippen LogP contribution < -0.4 is 9.80 Å². The Bertz CT molecular complexity index is 826. The van der Waals surface area contributed by atoms with Crippen molar-refractivity contribution in [1.82, 2.24) is 9.97 Å². The zero-order valence-corrected chi connectivity index (χ0v) is 14.4. The molecule has 1 aliphatic rings. The van der Waals surface area contributed by atoms with Crippen molar-refractivity contribution in [2.45, 2.75) is 0 Å². The van der Waals surface area contributed by atoms with Gasteiger partial charge in [0.05, 0.1) is 0 Å². The molecule has 0 unspecified atom stereocenters. The number of anilines is 2. The number of benzene rings is 1. The standard InChI is InChI=1S/C21H20FN4/c22-19-7-4-17(5-8-19)15-18-6-9-21(24-16-18)26-13-11-25(12-14-26)20-3-1-2-10-23-20/h1-10,15-16H,11-14H2. The van der Waals surface area contributed by atoms with E-state index < -0.39 is 0 Å². The van der Waals surface area contributed by atoms with Crippen molar-refractivity contribution in [2.75, 3.05) is 36.0 Å². The van der Waals surface area contributed by atoms with Crippen molar-refractivity contribution in [2.24, 2.45) is 0 Å². The molecule has 0 atom stereocenters. The normalized spacial score (nSPS) is 14.5. The van der Waals surface area contributed by atoms with Crippen molar-refractivity contribution in [1.29, 1.82) is 0 Å². The Morgan fingerprint density at radius 2 is 1.38 bits per heavy atom. The lowest BCUT2D eigenvalue weighted by Crippen LogP contribution is -2.47. The lowest BCUT2D eigenvalue weighted by atomic mass is 10.1. The second-order valence-electron chi connectivity index (χ2n) is 6.31. The zero-order chi connectivity index (χ0) is 17.8. The topological polar surface area (TPSA) is 32.3 Å². The first kappa shape index (κ1) is 16.5. The summed E-state index contributed by atoms with van der Waals surface area (Å²) in [5, 5.41) is 0. The predicted molar refractivity (Wildman–Crippen MR) is 102 cm³/mol. The van der Waals surface area contributed by atoms with E-state index in [4.69, 9.17) is 0 Å². The number of hydrogen-bond donors (Lipinski definition) is 0. The van der Waals surface area contributed by atoms with Gasteiger partial charge in [0, 0.05) is 45.0 Å². The van der Waals surface area contributed by atoms with Crippen LogP contribution in [0.2, 0.25) is 0 Å². The summed E-state index contributed by atoms with van der Waals surface area (Å²) in [6, 6.07) is 16.6. The van der Waals surface area contributed by atoms with Gasteiger partial charge in [-0.05, 0) is 41.5 Å². The molecule has 1 radical (unpaired) electrons. The molecule has 0 spiro atoms. The fraction of sp³-hybridized carbons (Fsp3) is 0.190. The largest absolute Gasteiger partial charge is 0.353 e. The van der Waals surface area contributed by atoms with Gasteiger partial charge in [0.1, 0.15) is 17.5 Å². The molecular formula is C21H20FN4. The number of halogens is 1. The minimum Gasteiger partial charge on any atom is -0.353 e. The second-order valence-corrected chi connectivity index (χ2v) is 6.31. The molecular weight excluding hydrogens is 327 g/mol. The van der Waals surface area contributed by atoms with E-state index in [0.29, 0.717) is 0 Å². The van der Waals surface area contributed by atoms with Gasteiger partial charge in [0.25, 0.3) is 0 Å². The van der Waals surface area contributed by atoms with Gasteiger partial charge in [0.15, 0.2) is 0 Å². The molecule has 2 aromatic heterocycles. The van der Waals surface area contributed by atoms with Crippen LogP contribution in [0.5, 0.6) is 0 Å². The number of pyridine rings is 2. The molecule has 26 heavy (non-hydrogen) atoms. The first-order valence-electron chi connectivity index (χ1n) is 8.75. The number of hydrogen-bond acceptors (Lipinski definition) is 4. The summed E-state index contributed by atoms with van der Waals surface area (Å²) >= 11 is 0. The highest BCUT2D eigenvalue weighted by molar-refractivity contribution is 5.46. The number of aromatic nitrogens is 2. The Morgan fingerprint density at radius 1 is 0.731 bits per heavy atom. The highest BCUT2D eigenvalue weighted by Crippen LogP contribution is 2.19. The first-order valence-corrected chi connectivity index (χ1v) is 8.75. The molecule has 1 saturated heterocycles. The van der Waals surface area contributed by atoms with Gasteiger partial charge < -0.3 is 9.80 Å². The fourth-order valence-electron chi connectivity index (χ4n) is 3.13. The number of rotatable bonds is 4. The Morgan fingerprint density at radius 3 is 1.96 bits per heavy atom. The van der Waals surface area contributed by atoms with Gasteiger partial charge in [-0.2, -0.15) is 0 Å². The van der Waals surface area contributed by atoms with Crippen molar-refractivity contribution in [3.05, 3.63) is 90.4 Å². The highest BCUT2D eigenvalue weighted by Gasteiger charge is 2.18. The first-order chi connectivity index (χ1) is 12.8. The van der Waals surface area contributed by atoms with Crippen molar-refractivity contribution >= 4 is 11.6 Å². The SMILES string of the molecule is Fc1ccc([CH]c2ccc(N3CCN(c4ccccn4)CC3)nc2)cc1. The molecule has 4 nitrogen and oxygen atoms in total. The van der Waals surface area contributed by atoms with E-state index in [1.807, 2.05) is 43.1 Å². The molecule has 0 amide bonds. The summed E-state index contributed by atoms with van der Waals surface area (Å²) in [6.45, 7) is 3.71. The monoisotopic (exact) mass is 347 g/mol. The van der Waals surface area contributed by atoms with Gasteiger partial charge in [-0.25, -0.2) is 14.4 Å². The van der Waals surface area contributed by atoms with Gasteiger partial charge in [0.2, 0.25) is 0 Å². The molecule has 131 valence electrons. The van der Waals surface area contributed by atoms with Crippen molar-refractivity contribution < 1.29 is 4.39 Å². The van der Waals surface area contributed by atoms with E-state index in [0.717, 1.165) is 48.9 Å². The van der Waals surface area contributed by atoms with Crippen molar-refractivity contribution in [3.8, 4) is 0 Å². The molecule has 0 bridgehead atoms. The van der Waals surface area contributed by atoms with Gasteiger partial charge in [-0.1, -0.05) is 24.3 Å². The molecule has 5 heteroatoms. The van der Waals surface area contributed by atoms with Crippen LogP contribution in [0.25, 0.3) is 0 Å². The quantitative estimate of drug-likeness (QED) is 0.723. The minimum absolute atomic E-state index is 0.222. The van der Waals surface area contributed by atoms with Crippen LogP contribution in [0.4, 0.5) is 16.0 Å². The summed E-state index contributed by atoms with van der Waals surface area (Å²) in [7, 11) is 0. The molecule has 1 fully saturated rings. The molecule has 4 rings (SSSR count). The Hall–Kier alpha value is -2.95.